The number of hydrogen-bond donors (Lipinski definition) is 0. The van der Waals surface area contributed by atoms with Gasteiger partial charge in [-0.2, -0.15) is 0 Å². The number of benzene rings is 1. The third-order valence-corrected chi connectivity index (χ3v) is 3.32. The Morgan fingerprint density at radius 2 is 2.00 bits per heavy atom. The molecule has 0 atom stereocenters. The summed E-state index contributed by atoms with van der Waals surface area (Å²) in [6, 6.07) is 13.0. The molecule has 0 aliphatic rings. The topological polar surface area (TPSA) is 52.1 Å². The van der Waals surface area contributed by atoms with E-state index in [4.69, 9.17) is 4.74 Å². The molecule has 3 aromatic rings. The second-order valence-electron chi connectivity index (χ2n) is 4.68. The quantitative estimate of drug-likeness (QED) is 0.688. The van der Waals surface area contributed by atoms with Gasteiger partial charge in [0.05, 0.1) is 12.6 Å². The highest BCUT2D eigenvalue weighted by Crippen LogP contribution is 2.18. The fourth-order valence-corrected chi connectivity index (χ4v) is 2.26. The first-order valence-electron chi connectivity index (χ1n) is 6.64. The van der Waals surface area contributed by atoms with E-state index in [0.717, 1.165) is 16.5 Å². The molecule has 0 N–H and O–H groups in total. The number of fused-ring (bicyclic) bond motifs is 1. The summed E-state index contributed by atoms with van der Waals surface area (Å²) in [5, 5.41) is 0.881. The lowest BCUT2D eigenvalue weighted by molar-refractivity contribution is 0.0994. The van der Waals surface area contributed by atoms with Crippen LogP contribution in [0.2, 0.25) is 0 Å². The van der Waals surface area contributed by atoms with E-state index in [9.17, 15) is 4.79 Å². The van der Waals surface area contributed by atoms with Crippen molar-refractivity contribution in [3.05, 3.63) is 66.0 Å². The Hall–Kier alpha value is -2.75. The van der Waals surface area contributed by atoms with Gasteiger partial charge in [-0.15, -0.1) is 0 Å². The van der Waals surface area contributed by atoms with Gasteiger partial charge in [0.25, 0.3) is 0 Å². The number of pyridine rings is 2. The van der Waals surface area contributed by atoms with Crippen LogP contribution in [0, 0.1) is 0 Å². The number of Topliss-reactive ketones (excluding diaryl/α,β-unsaturated/α-hetero) is 1. The van der Waals surface area contributed by atoms with Crippen molar-refractivity contribution >= 4 is 16.7 Å². The van der Waals surface area contributed by atoms with Crippen LogP contribution < -0.4 is 4.74 Å². The molecule has 0 amide bonds. The predicted octanol–water partition coefficient (Wildman–Crippen LogP) is 3.06. The maximum atomic E-state index is 12.5. The number of methoxy groups -OCH3 is 1. The molecule has 0 spiro atoms. The first kappa shape index (κ1) is 13.2. The molecule has 1 aromatic carbocycles. The maximum absolute atomic E-state index is 12.5. The van der Waals surface area contributed by atoms with Crippen molar-refractivity contribution < 1.29 is 9.53 Å². The van der Waals surface area contributed by atoms with Crippen LogP contribution >= 0.6 is 0 Å². The highest BCUT2D eigenvalue weighted by molar-refractivity contribution is 6.08. The van der Waals surface area contributed by atoms with Gasteiger partial charge >= 0.3 is 0 Å². The van der Waals surface area contributed by atoms with Crippen LogP contribution in [-0.2, 0) is 6.42 Å². The summed E-state index contributed by atoms with van der Waals surface area (Å²) >= 11 is 0. The molecular weight excluding hydrogens is 264 g/mol. The van der Waals surface area contributed by atoms with Crippen LogP contribution in [0.4, 0.5) is 0 Å². The third kappa shape index (κ3) is 2.74. The molecular formula is C17H14N2O2. The van der Waals surface area contributed by atoms with Gasteiger partial charge < -0.3 is 4.74 Å². The summed E-state index contributed by atoms with van der Waals surface area (Å²) in [4.78, 5) is 20.9. The highest BCUT2D eigenvalue weighted by atomic mass is 16.5. The van der Waals surface area contributed by atoms with E-state index in [1.807, 2.05) is 36.4 Å². The molecule has 4 heteroatoms. The van der Waals surface area contributed by atoms with E-state index >= 15 is 0 Å². The minimum atomic E-state index is 0.0561. The average molecular weight is 278 g/mol. The van der Waals surface area contributed by atoms with Crippen molar-refractivity contribution in [3.8, 4) is 5.88 Å². The molecule has 104 valence electrons. The van der Waals surface area contributed by atoms with Crippen LogP contribution in [0.3, 0.4) is 0 Å². The Kier molecular flexibility index (Phi) is 3.60. The van der Waals surface area contributed by atoms with Gasteiger partial charge in [0.2, 0.25) is 5.88 Å². The molecule has 0 aliphatic heterocycles. The Bertz CT molecular complexity index is 777. The number of carbonyl (C=O) groups excluding carboxylic acids is 1. The van der Waals surface area contributed by atoms with Crippen LogP contribution in [0.15, 0.2) is 54.9 Å². The largest absolute Gasteiger partial charge is 0.481 e. The predicted molar refractivity (Wildman–Crippen MR) is 80.6 cm³/mol. The summed E-state index contributed by atoms with van der Waals surface area (Å²) in [5.41, 5.74) is 2.38. The molecule has 0 saturated carbocycles. The molecule has 2 aromatic heterocycles. The Labute approximate surface area is 122 Å². The molecule has 0 unspecified atom stereocenters. The van der Waals surface area contributed by atoms with Crippen molar-refractivity contribution in [2.24, 2.45) is 0 Å². The van der Waals surface area contributed by atoms with Crippen LogP contribution in [0.1, 0.15) is 15.9 Å². The maximum Gasteiger partial charge on any atom is 0.212 e. The van der Waals surface area contributed by atoms with E-state index in [1.54, 1.807) is 25.6 Å². The zero-order valence-corrected chi connectivity index (χ0v) is 11.6. The van der Waals surface area contributed by atoms with Gasteiger partial charge in [-0.1, -0.05) is 24.3 Å². The molecule has 0 fully saturated rings. The number of hydrogen-bond acceptors (Lipinski definition) is 4. The molecule has 2 heterocycles. The SMILES string of the molecule is COc1ccc(CC(=O)c2cccc3ncccc23)cn1. The van der Waals surface area contributed by atoms with Gasteiger partial charge in [-0.25, -0.2) is 4.98 Å². The molecule has 4 nitrogen and oxygen atoms in total. The fraction of sp³-hybridized carbons (Fsp3) is 0.118. The van der Waals surface area contributed by atoms with Gasteiger partial charge in [-0.05, 0) is 17.7 Å². The van der Waals surface area contributed by atoms with Gasteiger partial charge in [0.1, 0.15) is 0 Å². The smallest absolute Gasteiger partial charge is 0.212 e. The van der Waals surface area contributed by atoms with Gasteiger partial charge in [0.15, 0.2) is 5.78 Å². The van der Waals surface area contributed by atoms with E-state index in [0.29, 0.717) is 17.9 Å². The summed E-state index contributed by atoms with van der Waals surface area (Å²) in [7, 11) is 1.57. The number of aromatic nitrogens is 2. The average Bonchev–Trinajstić information content (AvgIpc) is 2.55. The van der Waals surface area contributed by atoms with Crippen molar-refractivity contribution in [3.63, 3.8) is 0 Å². The molecule has 0 radical (unpaired) electrons. The molecule has 0 bridgehead atoms. The first-order chi connectivity index (χ1) is 10.3. The number of carbonyl (C=O) groups is 1. The Balaban J connectivity index is 1.90. The van der Waals surface area contributed by atoms with E-state index < -0.39 is 0 Å². The standard InChI is InChI=1S/C17H14N2O2/c1-21-17-8-7-12(11-19-17)10-16(20)14-4-2-6-15-13(14)5-3-9-18-15/h2-9,11H,10H2,1H3. The lowest BCUT2D eigenvalue weighted by Crippen LogP contribution is -2.05. The summed E-state index contributed by atoms with van der Waals surface area (Å²) in [6.07, 6.45) is 3.70. The molecule has 0 aliphatic carbocycles. The second kappa shape index (κ2) is 5.71. The lowest BCUT2D eigenvalue weighted by Gasteiger charge is -2.06. The Morgan fingerprint density at radius 1 is 1.10 bits per heavy atom. The van der Waals surface area contributed by atoms with Crippen molar-refractivity contribution in [2.75, 3.05) is 7.11 Å². The van der Waals surface area contributed by atoms with Crippen LogP contribution in [-0.4, -0.2) is 22.9 Å². The van der Waals surface area contributed by atoms with Gasteiger partial charge in [0, 0.05) is 35.8 Å². The van der Waals surface area contributed by atoms with Gasteiger partial charge in [-0.3, -0.25) is 9.78 Å². The number of ketones is 1. The zero-order chi connectivity index (χ0) is 14.7. The number of rotatable bonds is 4. The van der Waals surface area contributed by atoms with Crippen LogP contribution in [0.25, 0.3) is 10.9 Å². The number of nitrogens with zero attached hydrogens (tertiary/aromatic N) is 2. The van der Waals surface area contributed by atoms with Crippen molar-refractivity contribution in [1.82, 2.24) is 9.97 Å². The summed E-state index contributed by atoms with van der Waals surface area (Å²) in [6.45, 7) is 0. The third-order valence-electron chi connectivity index (χ3n) is 3.32. The van der Waals surface area contributed by atoms with Crippen molar-refractivity contribution in [1.29, 1.82) is 0 Å². The fourth-order valence-electron chi connectivity index (χ4n) is 2.26. The minimum Gasteiger partial charge on any atom is -0.481 e. The van der Waals surface area contributed by atoms with E-state index in [1.165, 1.54) is 0 Å². The van der Waals surface area contributed by atoms with Crippen molar-refractivity contribution in [2.45, 2.75) is 6.42 Å². The van der Waals surface area contributed by atoms with Crippen LogP contribution in [0.5, 0.6) is 5.88 Å². The lowest BCUT2D eigenvalue weighted by atomic mass is 10.00. The summed E-state index contributed by atoms with van der Waals surface area (Å²) in [5.74, 6) is 0.598. The monoisotopic (exact) mass is 278 g/mol. The molecule has 0 saturated heterocycles. The molecule has 3 rings (SSSR count). The normalized spacial score (nSPS) is 10.5. The van der Waals surface area contributed by atoms with E-state index in [-0.39, 0.29) is 5.78 Å². The summed E-state index contributed by atoms with van der Waals surface area (Å²) < 4.78 is 5.01. The molecule has 21 heavy (non-hydrogen) atoms. The highest BCUT2D eigenvalue weighted by Gasteiger charge is 2.11. The minimum absolute atomic E-state index is 0.0561. The zero-order valence-electron chi connectivity index (χ0n) is 11.6. The Morgan fingerprint density at radius 3 is 2.76 bits per heavy atom. The second-order valence-corrected chi connectivity index (χ2v) is 4.68. The first-order valence-corrected chi connectivity index (χ1v) is 6.64. The number of ether oxygens (including phenoxy) is 1. The van der Waals surface area contributed by atoms with E-state index in [2.05, 4.69) is 9.97 Å².